The summed E-state index contributed by atoms with van der Waals surface area (Å²) in [5.74, 6) is -0.178. The number of carboxylic acids is 1. The van der Waals surface area contributed by atoms with Gasteiger partial charge in [0, 0.05) is 0 Å². The molecule has 84 valence electrons. The SMILES string of the molecule is CC(Nc1ncc(C(=O)O)s1)c1ccco1. The summed E-state index contributed by atoms with van der Waals surface area (Å²) in [6.45, 7) is 1.92. The van der Waals surface area contributed by atoms with Crippen molar-refractivity contribution >= 4 is 22.4 Å². The molecule has 0 bridgehead atoms. The fourth-order valence-corrected chi connectivity index (χ4v) is 1.98. The molecule has 1 atom stereocenters. The molecule has 5 nitrogen and oxygen atoms in total. The van der Waals surface area contributed by atoms with Crippen LogP contribution in [0.3, 0.4) is 0 Å². The van der Waals surface area contributed by atoms with Gasteiger partial charge < -0.3 is 14.8 Å². The quantitative estimate of drug-likeness (QED) is 0.856. The second kappa shape index (κ2) is 4.36. The van der Waals surface area contributed by atoms with Crippen molar-refractivity contribution in [3.05, 3.63) is 35.2 Å². The number of hydrogen-bond donors (Lipinski definition) is 2. The van der Waals surface area contributed by atoms with Gasteiger partial charge >= 0.3 is 5.97 Å². The van der Waals surface area contributed by atoms with Crippen LogP contribution >= 0.6 is 11.3 Å². The third-order valence-electron chi connectivity index (χ3n) is 2.03. The molecule has 2 aromatic rings. The first-order valence-electron chi connectivity index (χ1n) is 4.66. The van der Waals surface area contributed by atoms with Crippen LogP contribution in [0.25, 0.3) is 0 Å². The van der Waals surface area contributed by atoms with Crippen molar-refractivity contribution < 1.29 is 14.3 Å². The molecule has 1 unspecified atom stereocenters. The fraction of sp³-hybridized carbons (Fsp3) is 0.200. The molecular weight excluding hydrogens is 228 g/mol. The maximum atomic E-state index is 10.7. The molecule has 16 heavy (non-hydrogen) atoms. The van der Waals surface area contributed by atoms with Crippen LogP contribution in [-0.2, 0) is 0 Å². The van der Waals surface area contributed by atoms with E-state index < -0.39 is 5.97 Å². The Morgan fingerprint density at radius 1 is 1.69 bits per heavy atom. The number of anilines is 1. The Morgan fingerprint density at radius 3 is 3.06 bits per heavy atom. The van der Waals surface area contributed by atoms with E-state index in [1.54, 1.807) is 12.3 Å². The minimum Gasteiger partial charge on any atom is -0.477 e. The third kappa shape index (κ3) is 2.22. The molecule has 0 amide bonds. The van der Waals surface area contributed by atoms with Crippen LogP contribution < -0.4 is 5.32 Å². The average Bonchev–Trinajstić information content (AvgIpc) is 2.87. The molecule has 0 aliphatic carbocycles. The van der Waals surface area contributed by atoms with Crippen LogP contribution in [0.1, 0.15) is 28.4 Å². The number of furan rings is 1. The second-order valence-corrected chi connectivity index (χ2v) is 4.25. The molecule has 0 fully saturated rings. The van der Waals surface area contributed by atoms with Gasteiger partial charge in [-0.3, -0.25) is 0 Å². The highest BCUT2D eigenvalue weighted by Gasteiger charge is 2.12. The Bertz CT molecular complexity index is 478. The van der Waals surface area contributed by atoms with Crippen molar-refractivity contribution in [3.63, 3.8) is 0 Å². The number of carbonyl (C=O) groups is 1. The largest absolute Gasteiger partial charge is 0.477 e. The van der Waals surface area contributed by atoms with Gasteiger partial charge in [-0.1, -0.05) is 11.3 Å². The Balaban J connectivity index is 2.06. The summed E-state index contributed by atoms with van der Waals surface area (Å²) in [7, 11) is 0. The van der Waals surface area contributed by atoms with E-state index in [0.29, 0.717) is 5.13 Å². The summed E-state index contributed by atoms with van der Waals surface area (Å²) >= 11 is 1.10. The van der Waals surface area contributed by atoms with Crippen LogP contribution in [0.5, 0.6) is 0 Å². The van der Waals surface area contributed by atoms with Crippen molar-refractivity contribution in [2.75, 3.05) is 5.32 Å². The number of carboxylic acid groups (broad SMARTS) is 1. The highest BCUT2D eigenvalue weighted by Crippen LogP contribution is 2.23. The average molecular weight is 238 g/mol. The molecule has 2 aromatic heterocycles. The number of aromatic nitrogens is 1. The smallest absolute Gasteiger partial charge is 0.347 e. The highest BCUT2D eigenvalue weighted by molar-refractivity contribution is 7.17. The van der Waals surface area contributed by atoms with E-state index >= 15 is 0 Å². The lowest BCUT2D eigenvalue weighted by atomic mass is 10.3. The monoisotopic (exact) mass is 238 g/mol. The zero-order valence-corrected chi connectivity index (χ0v) is 9.32. The lowest BCUT2D eigenvalue weighted by Crippen LogP contribution is -2.04. The number of hydrogen-bond acceptors (Lipinski definition) is 5. The van der Waals surface area contributed by atoms with Crippen molar-refractivity contribution in [3.8, 4) is 0 Å². The van der Waals surface area contributed by atoms with E-state index in [2.05, 4.69) is 10.3 Å². The van der Waals surface area contributed by atoms with Crippen LogP contribution in [0.2, 0.25) is 0 Å². The lowest BCUT2D eigenvalue weighted by Gasteiger charge is -2.08. The van der Waals surface area contributed by atoms with E-state index in [0.717, 1.165) is 17.1 Å². The second-order valence-electron chi connectivity index (χ2n) is 3.22. The van der Waals surface area contributed by atoms with Gasteiger partial charge in [-0.05, 0) is 19.1 Å². The van der Waals surface area contributed by atoms with Gasteiger partial charge in [-0.2, -0.15) is 0 Å². The highest BCUT2D eigenvalue weighted by atomic mass is 32.1. The van der Waals surface area contributed by atoms with Gasteiger partial charge in [-0.25, -0.2) is 9.78 Å². The number of rotatable bonds is 4. The topological polar surface area (TPSA) is 75.4 Å². The summed E-state index contributed by atoms with van der Waals surface area (Å²) in [5, 5.41) is 12.4. The molecule has 2 N–H and O–H groups in total. The summed E-state index contributed by atoms with van der Waals surface area (Å²) in [5.41, 5.74) is 0. The summed E-state index contributed by atoms with van der Waals surface area (Å²) in [6.07, 6.45) is 2.93. The van der Waals surface area contributed by atoms with Crippen LogP contribution in [0.4, 0.5) is 5.13 Å². The summed E-state index contributed by atoms with van der Waals surface area (Å²) in [4.78, 5) is 14.8. The predicted molar refractivity (Wildman–Crippen MR) is 59.8 cm³/mol. The standard InChI is InChI=1S/C10H10N2O3S/c1-6(7-3-2-4-15-7)12-10-11-5-8(16-10)9(13)14/h2-6H,1H3,(H,11,12)(H,13,14). The minimum absolute atomic E-state index is 0.0391. The van der Waals surface area contributed by atoms with Crippen LogP contribution in [-0.4, -0.2) is 16.1 Å². The lowest BCUT2D eigenvalue weighted by molar-refractivity contribution is 0.0702. The Kier molecular flexibility index (Phi) is 2.91. The molecule has 0 aliphatic heterocycles. The van der Waals surface area contributed by atoms with E-state index in [1.165, 1.54) is 6.20 Å². The third-order valence-corrected chi connectivity index (χ3v) is 2.94. The van der Waals surface area contributed by atoms with Gasteiger partial charge in [0.1, 0.15) is 10.6 Å². The van der Waals surface area contributed by atoms with Crippen molar-refractivity contribution in [2.24, 2.45) is 0 Å². The first-order chi connectivity index (χ1) is 7.66. The van der Waals surface area contributed by atoms with E-state index in [9.17, 15) is 4.79 Å². The molecule has 0 radical (unpaired) electrons. The van der Waals surface area contributed by atoms with Crippen molar-refractivity contribution in [1.29, 1.82) is 0 Å². The van der Waals surface area contributed by atoms with Crippen molar-refractivity contribution in [1.82, 2.24) is 4.98 Å². The maximum absolute atomic E-state index is 10.7. The maximum Gasteiger partial charge on any atom is 0.347 e. The van der Waals surface area contributed by atoms with Gasteiger partial charge in [0.15, 0.2) is 5.13 Å². The summed E-state index contributed by atoms with van der Waals surface area (Å²) < 4.78 is 5.22. The van der Waals surface area contributed by atoms with Gasteiger partial charge in [0.05, 0.1) is 18.5 Å². The van der Waals surface area contributed by atoms with E-state index in [-0.39, 0.29) is 10.9 Å². The Labute approximate surface area is 95.7 Å². The molecule has 0 saturated carbocycles. The first-order valence-corrected chi connectivity index (χ1v) is 5.47. The van der Waals surface area contributed by atoms with E-state index in [4.69, 9.17) is 9.52 Å². The van der Waals surface area contributed by atoms with Crippen molar-refractivity contribution in [2.45, 2.75) is 13.0 Å². The molecule has 0 saturated heterocycles. The molecule has 2 rings (SSSR count). The van der Waals surface area contributed by atoms with Gasteiger partial charge in [0.2, 0.25) is 0 Å². The number of nitrogens with one attached hydrogen (secondary N) is 1. The summed E-state index contributed by atoms with van der Waals surface area (Å²) in [6, 6.07) is 3.62. The van der Waals surface area contributed by atoms with Gasteiger partial charge in [-0.15, -0.1) is 0 Å². The fourth-order valence-electron chi connectivity index (χ4n) is 1.23. The van der Waals surface area contributed by atoms with E-state index in [1.807, 2.05) is 13.0 Å². The van der Waals surface area contributed by atoms with Crippen LogP contribution in [0, 0.1) is 0 Å². The molecular formula is C10H10N2O3S. The predicted octanol–water partition coefficient (Wildman–Crippen LogP) is 2.61. The first kappa shape index (κ1) is 10.7. The molecule has 2 heterocycles. The molecule has 6 heteroatoms. The number of aromatic carboxylic acids is 1. The molecule has 0 aliphatic rings. The molecule has 0 spiro atoms. The zero-order valence-electron chi connectivity index (χ0n) is 8.51. The minimum atomic E-state index is -0.962. The van der Waals surface area contributed by atoms with Crippen LogP contribution in [0.15, 0.2) is 29.0 Å². The zero-order chi connectivity index (χ0) is 11.5. The Hall–Kier alpha value is -1.82. The number of thiazole rings is 1. The Morgan fingerprint density at radius 2 is 2.50 bits per heavy atom. The molecule has 0 aromatic carbocycles. The number of nitrogens with zero attached hydrogens (tertiary/aromatic N) is 1. The van der Waals surface area contributed by atoms with Gasteiger partial charge in [0.25, 0.3) is 0 Å². The normalized spacial score (nSPS) is 12.3.